The first-order valence-corrected chi connectivity index (χ1v) is 6.06. The summed E-state index contributed by atoms with van der Waals surface area (Å²) in [6, 6.07) is 11.4. The molecule has 2 aromatic heterocycles. The summed E-state index contributed by atoms with van der Waals surface area (Å²) >= 11 is 0. The van der Waals surface area contributed by atoms with E-state index in [2.05, 4.69) is 15.4 Å². The summed E-state index contributed by atoms with van der Waals surface area (Å²) in [5, 5.41) is 16.2. The average molecular weight is 268 g/mol. The molecule has 0 radical (unpaired) electrons. The molecule has 0 saturated carbocycles. The van der Waals surface area contributed by atoms with Crippen molar-refractivity contribution >= 4 is 17.4 Å². The highest BCUT2D eigenvalue weighted by molar-refractivity contribution is 5.94. The van der Waals surface area contributed by atoms with E-state index in [9.17, 15) is 9.90 Å². The lowest BCUT2D eigenvalue weighted by molar-refractivity contribution is 0.0699. The average Bonchev–Trinajstić information content (AvgIpc) is 2.91. The number of benzene rings is 1. The van der Waals surface area contributed by atoms with Crippen LogP contribution in [-0.4, -0.2) is 32.7 Å². The number of anilines is 1. The summed E-state index contributed by atoms with van der Waals surface area (Å²) in [6.07, 6.45) is 1.31. The fourth-order valence-corrected chi connectivity index (χ4v) is 2.05. The molecule has 20 heavy (non-hydrogen) atoms. The van der Waals surface area contributed by atoms with Gasteiger partial charge >= 0.3 is 5.97 Å². The largest absolute Gasteiger partial charge is 0.477 e. The molecule has 6 heteroatoms. The Hall–Kier alpha value is -2.89. The van der Waals surface area contributed by atoms with Crippen molar-refractivity contribution in [1.29, 1.82) is 0 Å². The van der Waals surface area contributed by atoms with Gasteiger partial charge < -0.3 is 10.4 Å². The van der Waals surface area contributed by atoms with Gasteiger partial charge in [-0.25, -0.2) is 9.78 Å². The molecule has 3 aromatic rings. The maximum Gasteiger partial charge on any atom is 0.341 e. The van der Waals surface area contributed by atoms with E-state index >= 15 is 0 Å². The molecule has 0 amide bonds. The lowest BCUT2D eigenvalue weighted by Crippen LogP contribution is -2.04. The van der Waals surface area contributed by atoms with Crippen LogP contribution >= 0.6 is 0 Å². The van der Waals surface area contributed by atoms with Gasteiger partial charge in [-0.1, -0.05) is 30.3 Å². The third kappa shape index (κ3) is 1.87. The monoisotopic (exact) mass is 268 g/mol. The van der Waals surface area contributed by atoms with Crippen molar-refractivity contribution in [2.75, 3.05) is 12.4 Å². The Kier molecular flexibility index (Phi) is 2.83. The molecule has 2 N–H and O–H groups in total. The number of nitrogens with zero attached hydrogens (tertiary/aromatic N) is 3. The SMILES string of the molecule is CNc1cc(-c2ccccc2)nc2c(C(=O)O)cnn12. The molecular formula is C14H12N4O2. The fourth-order valence-electron chi connectivity index (χ4n) is 2.05. The van der Waals surface area contributed by atoms with Crippen LogP contribution in [0, 0.1) is 0 Å². The van der Waals surface area contributed by atoms with Crippen LogP contribution in [0.25, 0.3) is 16.9 Å². The van der Waals surface area contributed by atoms with Gasteiger partial charge in [0, 0.05) is 18.7 Å². The molecule has 0 fully saturated rings. The summed E-state index contributed by atoms with van der Waals surface area (Å²) in [4.78, 5) is 15.6. The standard InChI is InChI=1S/C14H12N4O2/c1-15-12-7-11(9-5-3-2-4-6-9)17-13-10(14(19)20)8-16-18(12)13/h2-8,15H,1H3,(H,19,20). The highest BCUT2D eigenvalue weighted by Crippen LogP contribution is 2.23. The minimum atomic E-state index is -1.04. The third-order valence-electron chi connectivity index (χ3n) is 3.03. The van der Waals surface area contributed by atoms with E-state index in [0.29, 0.717) is 17.2 Å². The van der Waals surface area contributed by atoms with Crippen molar-refractivity contribution in [1.82, 2.24) is 14.6 Å². The number of fused-ring (bicyclic) bond motifs is 1. The predicted octanol–water partition coefficient (Wildman–Crippen LogP) is 2.14. The number of carbonyl (C=O) groups is 1. The normalized spacial score (nSPS) is 10.7. The van der Waals surface area contributed by atoms with Gasteiger partial charge in [0.05, 0.1) is 11.9 Å². The van der Waals surface area contributed by atoms with Gasteiger partial charge in [0.15, 0.2) is 5.65 Å². The van der Waals surface area contributed by atoms with E-state index in [1.165, 1.54) is 10.7 Å². The van der Waals surface area contributed by atoms with Gasteiger partial charge in [0.25, 0.3) is 0 Å². The second-order valence-electron chi connectivity index (χ2n) is 4.24. The summed E-state index contributed by atoms with van der Waals surface area (Å²) in [7, 11) is 1.76. The number of nitrogens with one attached hydrogen (secondary N) is 1. The molecule has 3 rings (SSSR count). The zero-order valence-electron chi connectivity index (χ0n) is 10.7. The van der Waals surface area contributed by atoms with Gasteiger partial charge in [0.2, 0.25) is 0 Å². The quantitative estimate of drug-likeness (QED) is 0.760. The van der Waals surface area contributed by atoms with Crippen LogP contribution in [0.1, 0.15) is 10.4 Å². The second kappa shape index (κ2) is 4.65. The number of carboxylic acid groups (broad SMARTS) is 1. The molecular weight excluding hydrogens is 256 g/mol. The van der Waals surface area contributed by atoms with Crippen molar-refractivity contribution in [3.05, 3.63) is 48.2 Å². The first-order chi connectivity index (χ1) is 9.70. The molecule has 0 aliphatic carbocycles. The van der Waals surface area contributed by atoms with Crippen LogP contribution < -0.4 is 5.32 Å². The predicted molar refractivity (Wildman–Crippen MR) is 74.9 cm³/mol. The number of carboxylic acids is 1. The molecule has 0 unspecified atom stereocenters. The Morgan fingerprint density at radius 2 is 2.05 bits per heavy atom. The van der Waals surface area contributed by atoms with Crippen molar-refractivity contribution in [3.63, 3.8) is 0 Å². The van der Waals surface area contributed by atoms with Gasteiger partial charge in [-0.3, -0.25) is 0 Å². The minimum Gasteiger partial charge on any atom is -0.477 e. The van der Waals surface area contributed by atoms with E-state index in [-0.39, 0.29) is 5.56 Å². The zero-order chi connectivity index (χ0) is 14.1. The Morgan fingerprint density at radius 3 is 2.70 bits per heavy atom. The molecule has 2 heterocycles. The molecule has 100 valence electrons. The van der Waals surface area contributed by atoms with Crippen LogP contribution in [0.15, 0.2) is 42.6 Å². The molecule has 0 bridgehead atoms. The minimum absolute atomic E-state index is 0.0827. The van der Waals surface area contributed by atoms with Crippen molar-refractivity contribution in [2.24, 2.45) is 0 Å². The first kappa shape index (κ1) is 12.2. The smallest absolute Gasteiger partial charge is 0.341 e. The molecule has 6 nitrogen and oxygen atoms in total. The van der Waals surface area contributed by atoms with Gasteiger partial charge in [-0.15, -0.1) is 0 Å². The maximum atomic E-state index is 11.2. The Morgan fingerprint density at radius 1 is 1.30 bits per heavy atom. The Balaban J connectivity index is 2.30. The summed E-state index contributed by atoms with van der Waals surface area (Å²) < 4.78 is 1.48. The number of hydrogen-bond donors (Lipinski definition) is 2. The molecule has 0 aliphatic heterocycles. The van der Waals surface area contributed by atoms with Crippen molar-refractivity contribution < 1.29 is 9.90 Å². The Bertz CT molecular complexity index is 780. The van der Waals surface area contributed by atoms with Crippen molar-refractivity contribution in [2.45, 2.75) is 0 Å². The van der Waals surface area contributed by atoms with E-state index in [4.69, 9.17) is 0 Å². The Labute approximate surface area is 114 Å². The van der Waals surface area contributed by atoms with Crippen LogP contribution in [0.4, 0.5) is 5.82 Å². The number of aromatic nitrogens is 3. The highest BCUT2D eigenvalue weighted by atomic mass is 16.4. The van der Waals surface area contributed by atoms with Crippen molar-refractivity contribution in [3.8, 4) is 11.3 Å². The molecule has 0 spiro atoms. The summed E-state index contributed by atoms with van der Waals surface area (Å²) in [6.45, 7) is 0. The van der Waals surface area contributed by atoms with Gasteiger partial charge in [0.1, 0.15) is 11.4 Å². The lowest BCUT2D eigenvalue weighted by atomic mass is 10.1. The van der Waals surface area contributed by atoms with E-state index in [0.717, 1.165) is 5.56 Å². The molecule has 0 atom stereocenters. The molecule has 0 saturated heterocycles. The van der Waals surface area contributed by atoms with Crippen LogP contribution in [0.3, 0.4) is 0 Å². The molecule has 1 aromatic carbocycles. The topological polar surface area (TPSA) is 79.5 Å². The van der Waals surface area contributed by atoms with Crippen LogP contribution in [0.2, 0.25) is 0 Å². The van der Waals surface area contributed by atoms with E-state index in [1.807, 2.05) is 36.4 Å². The zero-order valence-corrected chi connectivity index (χ0v) is 10.7. The number of rotatable bonds is 3. The van der Waals surface area contributed by atoms with Crippen LogP contribution in [-0.2, 0) is 0 Å². The number of hydrogen-bond acceptors (Lipinski definition) is 4. The maximum absolute atomic E-state index is 11.2. The number of aromatic carboxylic acids is 1. The highest BCUT2D eigenvalue weighted by Gasteiger charge is 2.16. The lowest BCUT2D eigenvalue weighted by Gasteiger charge is -2.07. The van der Waals surface area contributed by atoms with Gasteiger partial charge in [-0.05, 0) is 0 Å². The first-order valence-electron chi connectivity index (χ1n) is 6.06. The van der Waals surface area contributed by atoms with Gasteiger partial charge in [-0.2, -0.15) is 9.61 Å². The summed E-state index contributed by atoms with van der Waals surface area (Å²) in [5.41, 5.74) is 2.02. The third-order valence-corrected chi connectivity index (χ3v) is 3.03. The van der Waals surface area contributed by atoms with E-state index < -0.39 is 5.97 Å². The second-order valence-corrected chi connectivity index (χ2v) is 4.24. The van der Waals surface area contributed by atoms with E-state index in [1.54, 1.807) is 7.05 Å². The fraction of sp³-hybridized carbons (Fsp3) is 0.0714. The van der Waals surface area contributed by atoms with Crippen LogP contribution in [0.5, 0.6) is 0 Å². The summed E-state index contributed by atoms with van der Waals surface area (Å²) in [5.74, 6) is -0.360. The molecule has 0 aliphatic rings.